The Balaban J connectivity index is 1.99. The van der Waals surface area contributed by atoms with E-state index >= 15 is 0 Å². The van der Waals surface area contributed by atoms with E-state index in [2.05, 4.69) is 36.1 Å². The van der Waals surface area contributed by atoms with Gasteiger partial charge in [-0.15, -0.1) is 0 Å². The van der Waals surface area contributed by atoms with Crippen LogP contribution >= 0.6 is 0 Å². The number of anilines is 1. The number of hydrogen-bond donors (Lipinski definition) is 1. The molecular formula is C15H19N3. The van der Waals surface area contributed by atoms with Gasteiger partial charge in [0.2, 0.25) is 0 Å². The molecule has 2 aromatic rings. The number of benzene rings is 1. The molecule has 18 heavy (non-hydrogen) atoms. The molecule has 0 amide bonds. The van der Waals surface area contributed by atoms with Gasteiger partial charge in [0.1, 0.15) is 5.82 Å². The summed E-state index contributed by atoms with van der Waals surface area (Å²) < 4.78 is 0. The summed E-state index contributed by atoms with van der Waals surface area (Å²) in [5, 5.41) is 1.19. The summed E-state index contributed by atoms with van der Waals surface area (Å²) >= 11 is 0. The zero-order valence-corrected chi connectivity index (χ0v) is 10.7. The molecular weight excluding hydrogens is 222 g/mol. The van der Waals surface area contributed by atoms with Crippen molar-refractivity contribution in [2.24, 2.45) is 11.7 Å². The lowest BCUT2D eigenvalue weighted by molar-refractivity contribution is 0.518. The lowest BCUT2D eigenvalue weighted by Gasteiger charge is -2.26. The largest absolute Gasteiger partial charge is 0.352 e. The first-order chi connectivity index (χ1) is 8.79. The van der Waals surface area contributed by atoms with Crippen LogP contribution in [0, 0.1) is 5.92 Å². The maximum Gasteiger partial charge on any atom is 0.129 e. The highest BCUT2D eigenvalue weighted by Crippen LogP contribution is 2.28. The standard InChI is InChI=1S/C15H19N3/c1-11-8-9-18(14(11)10-16)15-7-6-12-4-2-3-5-13(12)17-15/h2-7,11,14H,8-10,16H2,1H3. The minimum absolute atomic E-state index is 0.429. The maximum atomic E-state index is 5.90. The third-order valence-corrected chi connectivity index (χ3v) is 4.00. The Hall–Kier alpha value is -1.61. The van der Waals surface area contributed by atoms with E-state index in [4.69, 9.17) is 10.7 Å². The van der Waals surface area contributed by atoms with E-state index in [9.17, 15) is 0 Å². The van der Waals surface area contributed by atoms with Gasteiger partial charge in [0.15, 0.2) is 0 Å². The first kappa shape index (κ1) is 11.5. The van der Waals surface area contributed by atoms with E-state index in [0.29, 0.717) is 18.5 Å². The van der Waals surface area contributed by atoms with Crippen molar-refractivity contribution in [2.45, 2.75) is 19.4 Å². The zero-order chi connectivity index (χ0) is 12.5. The first-order valence-corrected chi connectivity index (χ1v) is 6.62. The average Bonchev–Trinajstić information content (AvgIpc) is 2.79. The normalized spacial score (nSPS) is 23.8. The topological polar surface area (TPSA) is 42.2 Å². The van der Waals surface area contributed by atoms with Crippen LogP contribution in [0.1, 0.15) is 13.3 Å². The fourth-order valence-corrected chi connectivity index (χ4v) is 2.87. The number of nitrogens with zero attached hydrogens (tertiary/aromatic N) is 2. The molecule has 1 aromatic carbocycles. The predicted molar refractivity (Wildman–Crippen MR) is 75.7 cm³/mol. The maximum absolute atomic E-state index is 5.90. The highest BCUT2D eigenvalue weighted by Gasteiger charge is 2.30. The quantitative estimate of drug-likeness (QED) is 0.878. The fraction of sp³-hybridized carbons (Fsp3) is 0.400. The van der Waals surface area contributed by atoms with E-state index in [1.165, 1.54) is 11.8 Å². The van der Waals surface area contributed by atoms with Crippen molar-refractivity contribution in [1.29, 1.82) is 0 Å². The van der Waals surface area contributed by atoms with Gasteiger partial charge in [0, 0.05) is 24.5 Å². The van der Waals surface area contributed by atoms with E-state index in [1.807, 2.05) is 12.1 Å². The lowest BCUT2D eigenvalue weighted by Crippen LogP contribution is -2.38. The Morgan fingerprint density at radius 3 is 2.94 bits per heavy atom. The summed E-state index contributed by atoms with van der Waals surface area (Å²) in [7, 11) is 0. The van der Waals surface area contributed by atoms with Crippen LogP contribution in [0.2, 0.25) is 0 Å². The van der Waals surface area contributed by atoms with Crippen LogP contribution in [0.5, 0.6) is 0 Å². The second-order valence-electron chi connectivity index (χ2n) is 5.12. The van der Waals surface area contributed by atoms with Gasteiger partial charge in [0.25, 0.3) is 0 Å². The minimum Gasteiger partial charge on any atom is -0.352 e. The molecule has 1 fully saturated rings. The SMILES string of the molecule is CC1CCN(c2ccc3ccccc3n2)C1CN. The molecule has 2 N–H and O–H groups in total. The Kier molecular flexibility index (Phi) is 2.92. The second-order valence-corrected chi connectivity index (χ2v) is 5.12. The van der Waals surface area contributed by atoms with Crippen LogP contribution in [-0.4, -0.2) is 24.1 Å². The molecule has 2 unspecified atom stereocenters. The molecule has 0 spiro atoms. The number of aromatic nitrogens is 1. The summed E-state index contributed by atoms with van der Waals surface area (Å²) in [6.45, 7) is 4.04. The van der Waals surface area contributed by atoms with Gasteiger partial charge in [-0.05, 0) is 30.5 Å². The van der Waals surface area contributed by atoms with Crippen molar-refractivity contribution < 1.29 is 0 Å². The molecule has 3 nitrogen and oxygen atoms in total. The minimum atomic E-state index is 0.429. The molecule has 0 saturated carbocycles. The summed E-state index contributed by atoms with van der Waals surface area (Å²) in [6.07, 6.45) is 1.20. The average molecular weight is 241 g/mol. The molecule has 0 aliphatic carbocycles. The third-order valence-electron chi connectivity index (χ3n) is 4.00. The molecule has 2 heterocycles. The van der Waals surface area contributed by atoms with Crippen LogP contribution in [0.15, 0.2) is 36.4 Å². The summed E-state index contributed by atoms with van der Waals surface area (Å²) in [6, 6.07) is 12.9. The highest BCUT2D eigenvalue weighted by atomic mass is 15.2. The monoisotopic (exact) mass is 241 g/mol. The molecule has 1 aromatic heterocycles. The van der Waals surface area contributed by atoms with E-state index in [0.717, 1.165) is 17.9 Å². The first-order valence-electron chi connectivity index (χ1n) is 6.62. The molecule has 2 atom stereocenters. The van der Waals surface area contributed by atoms with E-state index < -0.39 is 0 Å². The van der Waals surface area contributed by atoms with Gasteiger partial charge in [-0.2, -0.15) is 0 Å². The highest BCUT2D eigenvalue weighted by molar-refractivity contribution is 5.80. The Morgan fingerprint density at radius 1 is 1.28 bits per heavy atom. The number of hydrogen-bond acceptors (Lipinski definition) is 3. The Bertz CT molecular complexity index is 552. The molecule has 1 aliphatic heterocycles. The molecule has 94 valence electrons. The van der Waals surface area contributed by atoms with Crippen LogP contribution in [0.3, 0.4) is 0 Å². The zero-order valence-electron chi connectivity index (χ0n) is 10.7. The number of nitrogens with two attached hydrogens (primary N) is 1. The predicted octanol–water partition coefficient (Wildman–Crippen LogP) is 2.41. The van der Waals surface area contributed by atoms with Crippen LogP contribution < -0.4 is 10.6 Å². The number of pyridine rings is 1. The number of fused-ring (bicyclic) bond motifs is 1. The van der Waals surface area contributed by atoms with Gasteiger partial charge < -0.3 is 10.6 Å². The second kappa shape index (κ2) is 4.58. The van der Waals surface area contributed by atoms with Gasteiger partial charge in [-0.1, -0.05) is 25.1 Å². The Morgan fingerprint density at radius 2 is 2.11 bits per heavy atom. The fourth-order valence-electron chi connectivity index (χ4n) is 2.87. The number of para-hydroxylation sites is 1. The third kappa shape index (κ3) is 1.85. The molecule has 0 radical (unpaired) electrons. The van der Waals surface area contributed by atoms with Crippen LogP contribution in [0.25, 0.3) is 10.9 Å². The molecule has 3 rings (SSSR count). The summed E-state index contributed by atoms with van der Waals surface area (Å²) in [5.41, 5.74) is 6.96. The van der Waals surface area contributed by atoms with E-state index in [1.54, 1.807) is 0 Å². The number of rotatable bonds is 2. The van der Waals surface area contributed by atoms with Crippen molar-refractivity contribution in [3.05, 3.63) is 36.4 Å². The molecule has 1 saturated heterocycles. The van der Waals surface area contributed by atoms with Crippen LogP contribution in [-0.2, 0) is 0 Å². The van der Waals surface area contributed by atoms with Crippen molar-refractivity contribution >= 4 is 16.7 Å². The van der Waals surface area contributed by atoms with Gasteiger partial charge >= 0.3 is 0 Å². The van der Waals surface area contributed by atoms with Crippen LogP contribution in [0.4, 0.5) is 5.82 Å². The smallest absolute Gasteiger partial charge is 0.129 e. The lowest BCUT2D eigenvalue weighted by atomic mass is 10.0. The van der Waals surface area contributed by atoms with Crippen molar-refractivity contribution in [3.63, 3.8) is 0 Å². The molecule has 3 heteroatoms. The van der Waals surface area contributed by atoms with Crippen molar-refractivity contribution in [1.82, 2.24) is 4.98 Å². The molecule has 1 aliphatic rings. The van der Waals surface area contributed by atoms with Gasteiger partial charge in [-0.3, -0.25) is 0 Å². The summed E-state index contributed by atoms with van der Waals surface area (Å²) in [5.74, 6) is 1.72. The van der Waals surface area contributed by atoms with Crippen molar-refractivity contribution in [3.8, 4) is 0 Å². The summed E-state index contributed by atoms with van der Waals surface area (Å²) in [4.78, 5) is 7.12. The Labute approximate surface area is 108 Å². The van der Waals surface area contributed by atoms with E-state index in [-0.39, 0.29) is 0 Å². The van der Waals surface area contributed by atoms with Crippen molar-refractivity contribution in [2.75, 3.05) is 18.0 Å². The van der Waals surface area contributed by atoms with Gasteiger partial charge in [0.05, 0.1) is 5.52 Å². The van der Waals surface area contributed by atoms with Gasteiger partial charge in [-0.25, -0.2) is 4.98 Å². The molecule has 0 bridgehead atoms.